The van der Waals surface area contributed by atoms with E-state index in [2.05, 4.69) is 12.6 Å². The lowest BCUT2D eigenvalue weighted by Crippen LogP contribution is -1.98. The number of rotatable bonds is 1. The van der Waals surface area contributed by atoms with Crippen molar-refractivity contribution >= 4 is 23.6 Å². The molecular weight excluding hydrogens is 184 g/mol. The standard InChI is InChI=1S/C10H8O2S/c11-10-5-7(6-13)8-3-1-2-4-9(8)12-10/h1-5,13H,6H2. The zero-order valence-corrected chi connectivity index (χ0v) is 7.75. The molecule has 1 heterocycles. The Labute approximate surface area is 80.6 Å². The molecule has 0 amide bonds. The van der Waals surface area contributed by atoms with Crippen LogP contribution in [0.3, 0.4) is 0 Å². The SMILES string of the molecule is O=c1cc(CS)c2ccccc2o1. The van der Waals surface area contributed by atoms with Gasteiger partial charge in [-0.15, -0.1) is 0 Å². The van der Waals surface area contributed by atoms with Crippen LogP contribution in [0.4, 0.5) is 0 Å². The predicted molar refractivity (Wildman–Crippen MR) is 55.2 cm³/mol. The summed E-state index contributed by atoms with van der Waals surface area (Å²) in [7, 11) is 0. The zero-order valence-electron chi connectivity index (χ0n) is 6.86. The monoisotopic (exact) mass is 192 g/mol. The summed E-state index contributed by atoms with van der Waals surface area (Å²) in [6.45, 7) is 0. The first kappa shape index (κ1) is 8.38. The average Bonchev–Trinajstić information content (AvgIpc) is 2.16. The number of benzene rings is 1. The Morgan fingerprint density at radius 2 is 2.08 bits per heavy atom. The molecule has 0 bridgehead atoms. The molecule has 2 rings (SSSR count). The highest BCUT2D eigenvalue weighted by Crippen LogP contribution is 2.17. The van der Waals surface area contributed by atoms with E-state index in [1.807, 2.05) is 18.2 Å². The molecule has 2 aromatic rings. The Morgan fingerprint density at radius 3 is 2.85 bits per heavy atom. The Balaban J connectivity index is 2.89. The van der Waals surface area contributed by atoms with Gasteiger partial charge >= 0.3 is 5.63 Å². The van der Waals surface area contributed by atoms with Gasteiger partial charge in [-0.25, -0.2) is 4.79 Å². The van der Waals surface area contributed by atoms with Crippen molar-refractivity contribution in [3.8, 4) is 0 Å². The lowest BCUT2D eigenvalue weighted by Gasteiger charge is -2.00. The average molecular weight is 192 g/mol. The quantitative estimate of drug-likeness (QED) is 0.554. The second-order valence-corrected chi connectivity index (χ2v) is 3.06. The first-order chi connectivity index (χ1) is 6.31. The Kier molecular flexibility index (Phi) is 2.10. The summed E-state index contributed by atoms with van der Waals surface area (Å²) in [5.74, 6) is 0.548. The number of thiol groups is 1. The molecule has 3 heteroatoms. The van der Waals surface area contributed by atoms with Gasteiger partial charge < -0.3 is 4.42 Å². The summed E-state index contributed by atoms with van der Waals surface area (Å²) in [6.07, 6.45) is 0. The first-order valence-electron chi connectivity index (χ1n) is 3.94. The molecule has 0 aliphatic carbocycles. The van der Waals surface area contributed by atoms with E-state index >= 15 is 0 Å². The van der Waals surface area contributed by atoms with Gasteiger partial charge in [0, 0.05) is 17.2 Å². The smallest absolute Gasteiger partial charge is 0.336 e. The van der Waals surface area contributed by atoms with Crippen molar-refractivity contribution < 1.29 is 4.42 Å². The number of fused-ring (bicyclic) bond motifs is 1. The molecule has 0 atom stereocenters. The lowest BCUT2D eigenvalue weighted by atomic mass is 10.1. The van der Waals surface area contributed by atoms with Gasteiger partial charge in [-0.1, -0.05) is 18.2 Å². The van der Waals surface area contributed by atoms with Crippen molar-refractivity contribution in [3.05, 3.63) is 46.3 Å². The van der Waals surface area contributed by atoms with Crippen molar-refractivity contribution in [2.45, 2.75) is 5.75 Å². The minimum Gasteiger partial charge on any atom is -0.423 e. The molecule has 0 spiro atoms. The van der Waals surface area contributed by atoms with E-state index in [4.69, 9.17) is 4.42 Å². The summed E-state index contributed by atoms with van der Waals surface area (Å²) in [6, 6.07) is 8.94. The van der Waals surface area contributed by atoms with E-state index < -0.39 is 0 Å². The third kappa shape index (κ3) is 1.47. The van der Waals surface area contributed by atoms with Crippen LogP contribution in [-0.2, 0) is 5.75 Å². The molecule has 0 fully saturated rings. The van der Waals surface area contributed by atoms with Crippen molar-refractivity contribution in [1.82, 2.24) is 0 Å². The molecule has 0 aliphatic heterocycles. The highest BCUT2D eigenvalue weighted by atomic mass is 32.1. The normalized spacial score (nSPS) is 10.5. The molecule has 0 aliphatic rings. The van der Waals surface area contributed by atoms with Crippen LogP contribution >= 0.6 is 12.6 Å². The van der Waals surface area contributed by atoms with Gasteiger partial charge in [0.25, 0.3) is 0 Å². The van der Waals surface area contributed by atoms with Crippen LogP contribution < -0.4 is 5.63 Å². The van der Waals surface area contributed by atoms with Crippen molar-refractivity contribution in [3.63, 3.8) is 0 Å². The maximum absolute atomic E-state index is 11.1. The van der Waals surface area contributed by atoms with E-state index in [-0.39, 0.29) is 5.63 Å². The topological polar surface area (TPSA) is 30.2 Å². The van der Waals surface area contributed by atoms with Crippen molar-refractivity contribution in [1.29, 1.82) is 0 Å². The van der Waals surface area contributed by atoms with Gasteiger partial charge in [-0.05, 0) is 11.6 Å². The number of hydrogen-bond acceptors (Lipinski definition) is 3. The molecular formula is C10H8O2S. The van der Waals surface area contributed by atoms with Crippen LogP contribution in [0.25, 0.3) is 11.0 Å². The number of hydrogen-bond donors (Lipinski definition) is 1. The van der Waals surface area contributed by atoms with Crippen molar-refractivity contribution in [2.75, 3.05) is 0 Å². The molecule has 0 unspecified atom stereocenters. The second-order valence-electron chi connectivity index (χ2n) is 2.74. The summed E-state index contributed by atoms with van der Waals surface area (Å²) in [4.78, 5) is 11.1. The van der Waals surface area contributed by atoms with Gasteiger partial charge in [0.1, 0.15) is 5.58 Å². The molecule has 1 aromatic heterocycles. The molecule has 66 valence electrons. The van der Waals surface area contributed by atoms with E-state index in [0.29, 0.717) is 11.3 Å². The molecule has 0 N–H and O–H groups in total. The van der Waals surface area contributed by atoms with Gasteiger partial charge in [-0.2, -0.15) is 12.6 Å². The third-order valence-electron chi connectivity index (χ3n) is 1.91. The summed E-state index contributed by atoms with van der Waals surface area (Å²) < 4.78 is 5.01. The minimum absolute atomic E-state index is 0.317. The fourth-order valence-electron chi connectivity index (χ4n) is 1.31. The van der Waals surface area contributed by atoms with E-state index in [0.717, 1.165) is 10.9 Å². The van der Waals surface area contributed by atoms with Crippen LogP contribution in [0.2, 0.25) is 0 Å². The van der Waals surface area contributed by atoms with Gasteiger partial charge in [-0.3, -0.25) is 0 Å². The lowest BCUT2D eigenvalue weighted by molar-refractivity contribution is 0.560. The van der Waals surface area contributed by atoms with Gasteiger partial charge in [0.05, 0.1) is 0 Å². The summed E-state index contributed by atoms with van der Waals surface area (Å²) in [5.41, 5.74) is 1.22. The molecule has 0 radical (unpaired) electrons. The third-order valence-corrected chi connectivity index (χ3v) is 2.25. The largest absolute Gasteiger partial charge is 0.423 e. The molecule has 13 heavy (non-hydrogen) atoms. The number of para-hydroxylation sites is 1. The van der Waals surface area contributed by atoms with Crippen LogP contribution in [0.5, 0.6) is 0 Å². The zero-order chi connectivity index (χ0) is 9.26. The summed E-state index contributed by atoms with van der Waals surface area (Å²) >= 11 is 4.15. The Bertz CT molecular complexity index is 487. The molecule has 1 aromatic carbocycles. The van der Waals surface area contributed by atoms with Crippen LogP contribution in [-0.4, -0.2) is 0 Å². The minimum atomic E-state index is -0.317. The van der Waals surface area contributed by atoms with Crippen LogP contribution in [0.15, 0.2) is 39.5 Å². The van der Waals surface area contributed by atoms with Crippen LogP contribution in [0.1, 0.15) is 5.56 Å². The van der Waals surface area contributed by atoms with Gasteiger partial charge in [0.2, 0.25) is 0 Å². The van der Waals surface area contributed by atoms with E-state index in [1.54, 1.807) is 6.07 Å². The fraction of sp³-hybridized carbons (Fsp3) is 0.100. The van der Waals surface area contributed by atoms with Gasteiger partial charge in [0.15, 0.2) is 0 Å². The second kappa shape index (κ2) is 3.26. The van der Waals surface area contributed by atoms with Crippen molar-refractivity contribution in [2.24, 2.45) is 0 Å². The maximum Gasteiger partial charge on any atom is 0.336 e. The summed E-state index contributed by atoms with van der Waals surface area (Å²) in [5, 5.41) is 0.956. The molecule has 2 nitrogen and oxygen atoms in total. The van der Waals surface area contributed by atoms with E-state index in [9.17, 15) is 4.79 Å². The Hall–Kier alpha value is -1.22. The fourth-order valence-corrected chi connectivity index (χ4v) is 1.57. The first-order valence-corrected chi connectivity index (χ1v) is 4.57. The predicted octanol–water partition coefficient (Wildman–Crippen LogP) is 2.22. The molecule has 0 saturated heterocycles. The highest BCUT2D eigenvalue weighted by molar-refractivity contribution is 7.79. The van der Waals surface area contributed by atoms with Crippen LogP contribution in [0, 0.1) is 0 Å². The highest BCUT2D eigenvalue weighted by Gasteiger charge is 2.01. The maximum atomic E-state index is 11.1. The Morgan fingerprint density at radius 1 is 1.31 bits per heavy atom. The van der Waals surface area contributed by atoms with E-state index in [1.165, 1.54) is 6.07 Å². The molecule has 0 saturated carbocycles.